The number of H-pyrrole nitrogens is 1. The standard InChI is InChI=1S/C19H20N4O2/c24-18(21-15-6-7-16-14(10-15)8-9-20-16)12-23-19(25)11-13-4-2-1-3-5-17(13)22-23/h6-11,20H,1-5,12H2,(H,21,24). The third kappa shape index (κ3) is 3.33. The molecule has 0 atom stereocenters. The Morgan fingerprint density at radius 2 is 2.04 bits per heavy atom. The zero-order valence-corrected chi connectivity index (χ0v) is 13.9. The second-order valence-electron chi connectivity index (χ2n) is 6.50. The van der Waals surface area contributed by atoms with Crippen LogP contribution in [-0.4, -0.2) is 20.7 Å². The van der Waals surface area contributed by atoms with Crippen molar-refractivity contribution in [2.24, 2.45) is 0 Å². The predicted molar refractivity (Wildman–Crippen MR) is 96.7 cm³/mol. The number of carbonyl (C=O) groups excluding carboxylic acids is 1. The third-order valence-corrected chi connectivity index (χ3v) is 4.65. The van der Waals surface area contributed by atoms with Crippen LogP contribution in [0.15, 0.2) is 41.3 Å². The summed E-state index contributed by atoms with van der Waals surface area (Å²) in [6, 6.07) is 9.25. The summed E-state index contributed by atoms with van der Waals surface area (Å²) in [7, 11) is 0. The second-order valence-corrected chi connectivity index (χ2v) is 6.50. The lowest BCUT2D eigenvalue weighted by molar-refractivity contribution is -0.117. The Morgan fingerprint density at radius 1 is 1.16 bits per heavy atom. The molecule has 0 bridgehead atoms. The van der Waals surface area contributed by atoms with Gasteiger partial charge in [0, 0.05) is 28.9 Å². The van der Waals surface area contributed by atoms with Gasteiger partial charge in [-0.15, -0.1) is 0 Å². The number of rotatable bonds is 3. The summed E-state index contributed by atoms with van der Waals surface area (Å²) in [6.07, 6.45) is 6.98. The molecule has 3 aromatic rings. The molecule has 0 saturated heterocycles. The molecule has 25 heavy (non-hydrogen) atoms. The van der Waals surface area contributed by atoms with E-state index in [1.54, 1.807) is 6.07 Å². The Kier molecular flexibility index (Phi) is 4.09. The van der Waals surface area contributed by atoms with Crippen molar-refractivity contribution in [3.63, 3.8) is 0 Å². The lowest BCUT2D eigenvalue weighted by Gasteiger charge is -2.10. The maximum absolute atomic E-state index is 12.3. The van der Waals surface area contributed by atoms with Crippen molar-refractivity contribution in [2.75, 3.05) is 5.32 Å². The molecular formula is C19H20N4O2. The molecule has 6 heteroatoms. The van der Waals surface area contributed by atoms with Crippen LogP contribution in [0.5, 0.6) is 0 Å². The highest BCUT2D eigenvalue weighted by atomic mass is 16.2. The number of anilines is 1. The number of fused-ring (bicyclic) bond motifs is 2. The molecule has 1 aromatic carbocycles. The molecule has 4 rings (SSSR count). The Balaban J connectivity index is 1.52. The number of aromatic nitrogens is 3. The monoisotopic (exact) mass is 336 g/mol. The zero-order chi connectivity index (χ0) is 17.2. The molecule has 0 radical (unpaired) electrons. The number of nitrogens with zero attached hydrogens (tertiary/aromatic N) is 2. The maximum atomic E-state index is 12.3. The first-order valence-electron chi connectivity index (χ1n) is 8.66. The van der Waals surface area contributed by atoms with E-state index in [0.29, 0.717) is 5.69 Å². The van der Waals surface area contributed by atoms with Crippen LogP contribution in [0.25, 0.3) is 10.9 Å². The van der Waals surface area contributed by atoms with E-state index in [1.807, 2.05) is 30.5 Å². The average molecular weight is 336 g/mol. The number of carbonyl (C=O) groups is 1. The van der Waals surface area contributed by atoms with E-state index in [2.05, 4.69) is 15.4 Å². The number of amides is 1. The fraction of sp³-hybridized carbons (Fsp3) is 0.316. The van der Waals surface area contributed by atoms with E-state index in [0.717, 1.165) is 54.3 Å². The lowest BCUT2D eigenvalue weighted by atomic mass is 10.1. The molecule has 0 fully saturated rings. The molecule has 0 aliphatic heterocycles. The second kappa shape index (κ2) is 6.55. The van der Waals surface area contributed by atoms with Gasteiger partial charge in [-0.1, -0.05) is 6.42 Å². The molecule has 1 aliphatic carbocycles. The first-order chi connectivity index (χ1) is 12.2. The van der Waals surface area contributed by atoms with Crippen molar-refractivity contribution in [3.05, 3.63) is 58.1 Å². The van der Waals surface area contributed by atoms with Crippen LogP contribution < -0.4 is 10.9 Å². The van der Waals surface area contributed by atoms with Crippen LogP contribution >= 0.6 is 0 Å². The van der Waals surface area contributed by atoms with Gasteiger partial charge in [0.05, 0.1) is 5.69 Å². The summed E-state index contributed by atoms with van der Waals surface area (Å²) in [5, 5.41) is 8.30. The first-order valence-corrected chi connectivity index (χ1v) is 8.66. The van der Waals surface area contributed by atoms with Gasteiger partial charge in [0.25, 0.3) is 5.56 Å². The van der Waals surface area contributed by atoms with Crippen molar-refractivity contribution < 1.29 is 4.79 Å². The smallest absolute Gasteiger partial charge is 0.267 e. The fourth-order valence-electron chi connectivity index (χ4n) is 3.36. The molecule has 128 valence electrons. The minimum absolute atomic E-state index is 0.0721. The summed E-state index contributed by atoms with van der Waals surface area (Å²) in [5.74, 6) is -0.252. The summed E-state index contributed by atoms with van der Waals surface area (Å²) < 4.78 is 1.27. The molecule has 2 heterocycles. The van der Waals surface area contributed by atoms with Crippen LogP contribution in [0.2, 0.25) is 0 Å². The molecule has 1 aliphatic rings. The Hall–Kier alpha value is -2.89. The minimum atomic E-state index is -0.252. The summed E-state index contributed by atoms with van der Waals surface area (Å²) in [5.41, 5.74) is 3.51. The summed E-state index contributed by atoms with van der Waals surface area (Å²) in [6.45, 7) is -0.0721. The van der Waals surface area contributed by atoms with E-state index < -0.39 is 0 Å². The van der Waals surface area contributed by atoms with Gasteiger partial charge >= 0.3 is 0 Å². The number of nitrogens with one attached hydrogen (secondary N) is 2. The summed E-state index contributed by atoms with van der Waals surface area (Å²) >= 11 is 0. The van der Waals surface area contributed by atoms with Gasteiger partial charge in [-0.2, -0.15) is 5.10 Å². The quantitative estimate of drug-likeness (QED) is 0.722. The maximum Gasteiger partial charge on any atom is 0.267 e. The van der Waals surface area contributed by atoms with E-state index in [-0.39, 0.29) is 18.0 Å². The third-order valence-electron chi connectivity index (χ3n) is 4.65. The van der Waals surface area contributed by atoms with Gasteiger partial charge in [-0.3, -0.25) is 9.59 Å². The highest BCUT2D eigenvalue weighted by molar-refractivity contribution is 5.93. The van der Waals surface area contributed by atoms with Crippen LogP contribution in [0, 0.1) is 0 Å². The van der Waals surface area contributed by atoms with E-state index in [9.17, 15) is 9.59 Å². The number of aromatic amines is 1. The van der Waals surface area contributed by atoms with Crippen molar-refractivity contribution in [3.8, 4) is 0 Å². The topological polar surface area (TPSA) is 79.8 Å². The zero-order valence-electron chi connectivity index (χ0n) is 13.9. The predicted octanol–water partition coefficient (Wildman–Crippen LogP) is 2.63. The van der Waals surface area contributed by atoms with Gasteiger partial charge < -0.3 is 10.3 Å². The Labute approximate surface area is 144 Å². The molecule has 0 saturated carbocycles. The number of hydrogen-bond acceptors (Lipinski definition) is 3. The van der Waals surface area contributed by atoms with Gasteiger partial charge in [-0.05, 0) is 55.5 Å². The Morgan fingerprint density at radius 3 is 2.96 bits per heavy atom. The van der Waals surface area contributed by atoms with Crippen LogP contribution in [0.3, 0.4) is 0 Å². The van der Waals surface area contributed by atoms with Gasteiger partial charge in [-0.25, -0.2) is 4.68 Å². The van der Waals surface area contributed by atoms with Gasteiger partial charge in [0.15, 0.2) is 0 Å². The van der Waals surface area contributed by atoms with Gasteiger partial charge in [0.2, 0.25) is 5.91 Å². The molecule has 0 unspecified atom stereocenters. The normalized spacial score (nSPS) is 14.1. The first kappa shape index (κ1) is 15.6. The molecular weight excluding hydrogens is 316 g/mol. The minimum Gasteiger partial charge on any atom is -0.361 e. The van der Waals surface area contributed by atoms with E-state index in [1.165, 1.54) is 4.68 Å². The van der Waals surface area contributed by atoms with E-state index >= 15 is 0 Å². The molecule has 2 aromatic heterocycles. The van der Waals surface area contributed by atoms with Crippen molar-refractivity contribution in [1.82, 2.24) is 14.8 Å². The van der Waals surface area contributed by atoms with Crippen LogP contribution in [0.1, 0.15) is 30.5 Å². The Bertz CT molecular complexity index is 986. The highest BCUT2D eigenvalue weighted by Crippen LogP contribution is 2.18. The molecule has 2 N–H and O–H groups in total. The van der Waals surface area contributed by atoms with E-state index in [4.69, 9.17) is 0 Å². The number of benzene rings is 1. The van der Waals surface area contributed by atoms with Crippen LogP contribution in [0.4, 0.5) is 5.69 Å². The average Bonchev–Trinajstić information content (AvgIpc) is 2.94. The molecule has 6 nitrogen and oxygen atoms in total. The summed E-state index contributed by atoms with van der Waals surface area (Å²) in [4.78, 5) is 27.7. The molecule has 1 amide bonds. The highest BCUT2D eigenvalue weighted by Gasteiger charge is 2.14. The largest absolute Gasteiger partial charge is 0.361 e. The van der Waals surface area contributed by atoms with Crippen molar-refractivity contribution in [2.45, 2.75) is 38.6 Å². The fourth-order valence-corrected chi connectivity index (χ4v) is 3.36. The lowest BCUT2D eigenvalue weighted by Crippen LogP contribution is -2.30. The number of hydrogen-bond donors (Lipinski definition) is 2. The molecule has 0 spiro atoms. The van der Waals surface area contributed by atoms with Gasteiger partial charge in [0.1, 0.15) is 6.54 Å². The van der Waals surface area contributed by atoms with Crippen molar-refractivity contribution >= 4 is 22.5 Å². The SMILES string of the molecule is O=C(Cn1nc2c(cc1=O)CCCCC2)Nc1ccc2[nH]ccc2c1. The van der Waals surface area contributed by atoms with Crippen LogP contribution in [-0.2, 0) is 24.2 Å². The number of aryl methyl sites for hydroxylation is 2. The van der Waals surface area contributed by atoms with Crippen molar-refractivity contribution in [1.29, 1.82) is 0 Å².